The van der Waals surface area contributed by atoms with E-state index in [1.54, 1.807) is 43.3 Å². The van der Waals surface area contributed by atoms with E-state index in [2.05, 4.69) is 0 Å². The van der Waals surface area contributed by atoms with Crippen molar-refractivity contribution in [1.29, 1.82) is 0 Å². The summed E-state index contributed by atoms with van der Waals surface area (Å²) in [5.41, 5.74) is 10.2. The van der Waals surface area contributed by atoms with Crippen LogP contribution in [0.15, 0.2) is 60.7 Å². The predicted molar refractivity (Wildman–Crippen MR) is 129 cm³/mol. The van der Waals surface area contributed by atoms with Crippen molar-refractivity contribution in [3.8, 4) is 11.1 Å². The molecule has 7 heteroatoms. The minimum absolute atomic E-state index is 0.0982. The number of nitrogens with zero attached hydrogens (tertiary/aromatic N) is 1. The molecule has 0 unspecified atom stereocenters. The molecule has 0 radical (unpaired) electrons. The number of aliphatic carboxylic acids is 1. The number of carboxylic acids is 1. The number of aryl methyl sites for hydroxylation is 1. The van der Waals surface area contributed by atoms with Crippen molar-refractivity contribution >= 4 is 11.7 Å². The van der Waals surface area contributed by atoms with E-state index >= 15 is 4.39 Å². The molecule has 34 heavy (non-hydrogen) atoms. The average molecular weight is 471 g/mol. The summed E-state index contributed by atoms with van der Waals surface area (Å²) >= 11 is 0. The van der Waals surface area contributed by atoms with E-state index in [1.165, 1.54) is 0 Å². The molecule has 1 atom stereocenters. The third-order valence-electron chi connectivity index (χ3n) is 5.77. The summed E-state index contributed by atoms with van der Waals surface area (Å²) in [5.74, 6) is -1.35. The van der Waals surface area contributed by atoms with Crippen LogP contribution in [0.5, 0.6) is 0 Å². The van der Waals surface area contributed by atoms with E-state index in [1.807, 2.05) is 36.2 Å². The molecule has 0 fully saturated rings. The fourth-order valence-corrected chi connectivity index (χ4v) is 3.99. The van der Waals surface area contributed by atoms with Crippen LogP contribution in [0.25, 0.3) is 11.1 Å². The van der Waals surface area contributed by atoms with Crippen molar-refractivity contribution < 1.29 is 23.1 Å². The van der Waals surface area contributed by atoms with Crippen LogP contribution in [0.3, 0.4) is 0 Å². The normalized spacial score (nSPS) is 12.1. The number of carbonyl (C=O) groups is 1. The zero-order chi connectivity index (χ0) is 24.8. The van der Waals surface area contributed by atoms with Crippen LogP contribution in [0.4, 0.5) is 18.9 Å². The first-order chi connectivity index (χ1) is 16.2. The van der Waals surface area contributed by atoms with Gasteiger partial charge in [0.1, 0.15) is 5.82 Å². The molecule has 4 nitrogen and oxygen atoms in total. The van der Waals surface area contributed by atoms with E-state index in [-0.39, 0.29) is 19.3 Å². The highest BCUT2D eigenvalue weighted by Crippen LogP contribution is 2.32. The molecular formula is C27H29F3N2O2. The van der Waals surface area contributed by atoms with E-state index in [0.29, 0.717) is 34.4 Å². The summed E-state index contributed by atoms with van der Waals surface area (Å²) in [6.45, 7) is 2.11. The number of alkyl halides is 2. The monoisotopic (exact) mass is 470 g/mol. The molecule has 3 aromatic carbocycles. The van der Waals surface area contributed by atoms with Crippen molar-refractivity contribution in [1.82, 2.24) is 0 Å². The molecule has 0 aromatic heterocycles. The summed E-state index contributed by atoms with van der Waals surface area (Å²) < 4.78 is 41.1. The first-order valence-electron chi connectivity index (χ1n) is 11.1. The lowest BCUT2D eigenvalue weighted by Crippen LogP contribution is -2.18. The molecule has 0 amide bonds. The van der Waals surface area contributed by atoms with E-state index in [9.17, 15) is 18.7 Å². The SMILES string of the molecule is C[C@@H](N)c1cccc(-c2cc(CCC(F)F)cc(N(C)Cc3ccccc3CC(=O)O)c2)c1F. The van der Waals surface area contributed by atoms with Gasteiger partial charge in [0.2, 0.25) is 6.43 Å². The second kappa shape index (κ2) is 11.2. The second-order valence-corrected chi connectivity index (χ2v) is 8.51. The molecule has 3 aromatic rings. The van der Waals surface area contributed by atoms with E-state index < -0.39 is 24.3 Å². The maximum Gasteiger partial charge on any atom is 0.307 e. The lowest BCUT2D eigenvalue weighted by atomic mass is 9.96. The van der Waals surface area contributed by atoms with Gasteiger partial charge in [-0.05, 0) is 47.7 Å². The van der Waals surface area contributed by atoms with Crippen LogP contribution in [-0.2, 0) is 24.2 Å². The van der Waals surface area contributed by atoms with Gasteiger partial charge in [-0.3, -0.25) is 4.79 Å². The fraction of sp³-hybridized carbons (Fsp3) is 0.296. The first-order valence-corrected chi connectivity index (χ1v) is 11.1. The Morgan fingerprint density at radius 1 is 1.06 bits per heavy atom. The minimum atomic E-state index is -2.44. The number of rotatable bonds is 10. The topological polar surface area (TPSA) is 66.6 Å². The molecule has 0 saturated carbocycles. The number of hydrogen-bond acceptors (Lipinski definition) is 3. The zero-order valence-corrected chi connectivity index (χ0v) is 19.3. The molecule has 0 aliphatic carbocycles. The Morgan fingerprint density at radius 2 is 1.76 bits per heavy atom. The third kappa shape index (κ3) is 6.38. The Labute approximate surface area is 197 Å². The second-order valence-electron chi connectivity index (χ2n) is 8.51. The maximum absolute atomic E-state index is 15.2. The third-order valence-corrected chi connectivity index (χ3v) is 5.77. The molecule has 3 rings (SSSR count). The summed E-state index contributed by atoms with van der Waals surface area (Å²) in [4.78, 5) is 13.1. The number of halogens is 3. The Bertz CT molecular complexity index is 1150. The van der Waals surface area contributed by atoms with E-state index in [0.717, 1.165) is 11.3 Å². The first kappa shape index (κ1) is 25.3. The average Bonchev–Trinajstić information content (AvgIpc) is 2.78. The summed E-state index contributed by atoms with van der Waals surface area (Å²) in [5, 5.41) is 9.21. The van der Waals surface area contributed by atoms with E-state index in [4.69, 9.17) is 5.73 Å². The maximum atomic E-state index is 15.2. The Hall–Kier alpha value is -3.32. The lowest BCUT2D eigenvalue weighted by molar-refractivity contribution is -0.136. The quantitative estimate of drug-likeness (QED) is 0.383. The summed E-state index contributed by atoms with van der Waals surface area (Å²) in [6, 6.07) is 17.2. The standard InChI is InChI=1S/C27H29F3N2O2/c1-17(31)23-8-5-9-24(27(23)30)21-12-18(10-11-25(28)29)13-22(14-21)32(2)16-20-7-4-3-6-19(20)15-26(33)34/h3-9,12-14,17,25H,10-11,15-16,31H2,1-2H3,(H,33,34)/t17-/m1/s1. The van der Waals surface area contributed by atoms with Crippen molar-refractivity contribution in [3.05, 3.63) is 88.7 Å². The van der Waals surface area contributed by atoms with Crippen LogP contribution in [0, 0.1) is 5.82 Å². The van der Waals surface area contributed by atoms with Gasteiger partial charge in [0, 0.05) is 42.9 Å². The van der Waals surface area contributed by atoms with Gasteiger partial charge < -0.3 is 15.7 Å². The number of nitrogens with two attached hydrogens (primary N) is 1. The molecular weight excluding hydrogens is 441 g/mol. The molecule has 0 heterocycles. The molecule has 3 N–H and O–H groups in total. The Kier molecular flexibility index (Phi) is 8.34. The van der Waals surface area contributed by atoms with Gasteiger partial charge in [0.05, 0.1) is 6.42 Å². The summed E-state index contributed by atoms with van der Waals surface area (Å²) in [7, 11) is 1.84. The number of carboxylic acid groups (broad SMARTS) is 1. The number of hydrogen-bond donors (Lipinski definition) is 2. The van der Waals surface area contributed by atoms with Crippen LogP contribution >= 0.6 is 0 Å². The molecule has 0 saturated heterocycles. The van der Waals surface area contributed by atoms with Gasteiger partial charge in [-0.2, -0.15) is 0 Å². The van der Waals surface area contributed by atoms with Crippen LogP contribution in [-0.4, -0.2) is 24.5 Å². The largest absolute Gasteiger partial charge is 0.481 e. The van der Waals surface area contributed by atoms with Gasteiger partial charge in [0.15, 0.2) is 0 Å². The number of anilines is 1. The summed E-state index contributed by atoms with van der Waals surface area (Å²) in [6.07, 6.45) is -2.68. The minimum Gasteiger partial charge on any atom is -0.481 e. The zero-order valence-electron chi connectivity index (χ0n) is 19.3. The van der Waals surface area contributed by atoms with Crippen molar-refractivity contribution in [2.75, 3.05) is 11.9 Å². The van der Waals surface area contributed by atoms with Gasteiger partial charge in [-0.15, -0.1) is 0 Å². The van der Waals surface area contributed by atoms with Crippen molar-refractivity contribution in [2.45, 2.75) is 45.2 Å². The molecule has 0 aliphatic rings. The Balaban J connectivity index is 2.02. The molecule has 180 valence electrons. The van der Waals surface area contributed by atoms with Gasteiger partial charge in [-0.1, -0.05) is 48.5 Å². The number of benzene rings is 3. The molecule has 0 aliphatic heterocycles. The van der Waals surface area contributed by atoms with Crippen molar-refractivity contribution in [2.24, 2.45) is 5.73 Å². The predicted octanol–water partition coefficient (Wildman–Crippen LogP) is 5.97. The highest BCUT2D eigenvalue weighted by atomic mass is 19.3. The fourth-order valence-electron chi connectivity index (χ4n) is 3.99. The Morgan fingerprint density at radius 3 is 2.41 bits per heavy atom. The van der Waals surface area contributed by atoms with Crippen molar-refractivity contribution in [3.63, 3.8) is 0 Å². The molecule has 0 spiro atoms. The lowest BCUT2D eigenvalue weighted by Gasteiger charge is -2.23. The van der Waals surface area contributed by atoms with Crippen LogP contribution in [0.1, 0.15) is 41.6 Å². The highest BCUT2D eigenvalue weighted by molar-refractivity contribution is 5.72. The van der Waals surface area contributed by atoms with Gasteiger partial charge >= 0.3 is 5.97 Å². The highest BCUT2D eigenvalue weighted by Gasteiger charge is 2.16. The van der Waals surface area contributed by atoms with Gasteiger partial charge in [0.25, 0.3) is 0 Å². The molecule has 0 bridgehead atoms. The van der Waals surface area contributed by atoms with Gasteiger partial charge in [-0.25, -0.2) is 13.2 Å². The van der Waals surface area contributed by atoms with Crippen LogP contribution < -0.4 is 10.6 Å². The van der Waals surface area contributed by atoms with Crippen LogP contribution in [0.2, 0.25) is 0 Å². The smallest absolute Gasteiger partial charge is 0.307 e.